The summed E-state index contributed by atoms with van der Waals surface area (Å²) in [7, 11) is 1.99. The van der Waals surface area contributed by atoms with Crippen LogP contribution in [-0.2, 0) is 0 Å². The Bertz CT molecular complexity index is 383. The Labute approximate surface area is 100.0 Å². The first-order chi connectivity index (χ1) is 7.61. The highest BCUT2D eigenvalue weighted by Crippen LogP contribution is 2.39. The zero-order valence-electron chi connectivity index (χ0n) is 9.44. The number of anilines is 2. The molecule has 88 valence electrons. The van der Waals surface area contributed by atoms with Gasteiger partial charge in [0.05, 0.1) is 6.20 Å². The third kappa shape index (κ3) is 2.36. The zero-order valence-corrected chi connectivity index (χ0v) is 10.2. The summed E-state index contributed by atoms with van der Waals surface area (Å²) >= 11 is 6.05. The lowest BCUT2D eigenvalue weighted by Gasteiger charge is -2.19. The summed E-state index contributed by atoms with van der Waals surface area (Å²) < 4.78 is 0. The van der Waals surface area contributed by atoms with Gasteiger partial charge in [0.1, 0.15) is 5.02 Å². The first-order valence-corrected chi connectivity index (χ1v) is 5.70. The van der Waals surface area contributed by atoms with E-state index in [0.29, 0.717) is 11.0 Å². The van der Waals surface area contributed by atoms with Gasteiger partial charge in [0.15, 0.2) is 5.82 Å². The Morgan fingerprint density at radius 2 is 2.38 bits per heavy atom. The Morgan fingerprint density at radius 3 is 2.94 bits per heavy atom. The predicted octanol–water partition coefficient (Wildman–Crippen LogP) is 1.51. The number of hydrogen-bond donors (Lipinski definition) is 2. The molecule has 1 heterocycles. The van der Waals surface area contributed by atoms with Crippen molar-refractivity contribution in [2.24, 2.45) is 17.7 Å². The fourth-order valence-electron chi connectivity index (χ4n) is 1.79. The Morgan fingerprint density at radius 1 is 1.69 bits per heavy atom. The molecule has 16 heavy (non-hydrogen) atoms. The molecule has 1 aromatic heterocycles. The molecule has 1 saturated carbocycles. The van der Waals surface area contributed by atoms with E-state index >= 15 is 0 Å². The molecular weight excluding hydrogens is 226 g/mol. The van der Waals surface area contributed by atoms with E-state index in [0.717, 1.165) is 24.2 Å². The van der Waals surface area contributed by atoms with E-state index in [1.807, 2.05) is 7.05 Å². The smallest absolute Gasteiger partial charge is 0.239 e. The molecule has 6 heteroatoms. The predicted molar refractivity (Wildman–Crippen MR) is 65.4 cm³/mol. The molecule has 0 aromatic carbocycles. The lowest BCUT2D eigenvalue weighted by atomic mass is 10.3. The van der Waals surface area contributed by atoms with Crippen LogP contribution in [0.3, 0.4) is 0 Å². The number of halogens is 1. The van der Waals surface area contributed by atoms with Gasteiger partial charge < -0.3 is 4.90 Å². The number of hydrazine groups is 1. The van der Waals surface area contributed by atoms with Crippen molar-refractivity contribution in [3.05, 3.63) is 11.2 Å². The van der Waals surface area contributed by atoms with Gasteiger partial charge in [0.25, 0.3) is 0 Å². The standard InChI is InChI=1S/C10H16ClN5/c1-6-3-7(6)5-16(2)9-8(11)4-13-10(14-9)15-12/h4,6-7H,3,5,12H2,1-2H3,(H,13,14,15). The maximum atomic E-state index is 6.05. The number of aromatic nitrogens is 2. The van der Waals surface area contributed by atoms with E-state index in [-0.39, 0.29) is 0 Å². The van der Waals surface area contributed by atoms with E-state index in [9.17, 15) is 0 Å². The number of nitrogens with zero attached hydrogens (tertiary/aromatic N) is 3. The summed E-state index contributed by atoms with van der Waals surface area (Å²) in [5, 5.41) is 0.551. The number of nitrogens with two attached hydrogens (primary N) is 1. The summed E-state index contributed by atoms with van der Waals surface area (Å²) in [4.78, 5) is 10.2. The zero-order chi connectivity index (χ0) is 11.7. The second kappa shape index (κ2) is 4.43. The van der Waals surface area contributed by atoms with Crippen LogP contribution in [0.25, 0.3) is 0 Å². The van der Waals surface area contributed by atoms with Crippen LogP contribution in [0.2, 0.25) is 5.02 Å². The molecule has 1 fully saturated rings. The molecule has 0 amide bonds. The molecule has 1 aliphatic rings. The monoisotopic (exact) mass is 241 g/mol. The normalized spacial score (nSPS) is 23.0. The van der Waals surface area contributed by atoms with Gasteiger partial charge in [0.2, 0.25) is 5.95 Å². The molecule has 5 nitrogen and oxygen atoms in total. The molecule has 2 rings (SSSR count). The van der Waals surface area contributed by atoms with E-state index in [1.165, 1.54) is 6.42 Å². The average molecular weight is 242 g/mol. The van der Waals surface area contributed by atoms with Crippen LogP contribution in [0.5, 0.6) is 0 Å². The Kier molecular flexibility index (Phi) is 3.16. The fourth-order valence-corrected chi connectivity index (χ4v) is 2.02. The van der Waals surface area contributed by atoms with Crippen LogP contribution in [-0.4, -0.2) is 23.6 Å². The quantitative estimate of drug-likeness (QED) is 0.618. The minimum atomic E-state index is 0.384. The maximum absolute atomic E-state index is 6.05. The fraction of sp³-hybridized carbons (Fsp3) is 0.600. The van der Waals surface area contributed by atoms with Crippen LogP contribution >= 0.6 is 11.6 Å². The molecule has 3 N–H and O–H groups in total. The number of nitrogen functional groups attached to an aromatic ring is 1. The van der Waals surface area contributed by atoms with Gasteiger partial charge in [-0.05, 0) is 18.3 Å². The third-order valence-electron chi connectivity index (χ3n) is 3.00. The first kappa shape index (κ1) is 11.4. The molecule has 0 radical (unpaired) electrons. The van der Waals surface area contributed by atoms with Gasteiger partial charge in [-0.15, -0.1) is 0 Å². The Balaban J connectivity index is 2.11. The molecule has 0 saturated heterocycles. The highest BCUT2D eigenvalue weighted by molar-refractivity contribution is 6.32. The minimum Gasteiger partial charge on any atom is -0.358 e. The lowest BCUT2D eigenvalue weighted by molar-refractivity contribution is 0.719. The SMILES string of the molecule is CC1CC1CN(C)c1nc(NN)ncc1Cl. The van der Waals surface area contributed by atoms with Crippen molar-refractivity contribution in [3.63, 3.8) is 0 Å². The van der Waals surface area contributed by atoms with E-state index in [1.54, 1.807) is 6.20 Å². The average Bonchev–Trinajstić information content (AvgIpc) is 2.94. The Hall–Kier alpha value is -1.07. The molecule has 1 aliphatic carbocycles. The number of hydrogen-bond acceptors (Lipinski definition) is 5. The largest absolute Gasteiger partial charge is 0.358 e. The number of nitrogens with one attached hydrogen (secondary N) is 1. The molecule has 0 aliphatic heterocycles. The summed E-state index contributed by atoms with van der Waals surface area (Å²) in [6, 6.07) is 0. The van der Waals surface area contributed by atoms with Crippen molar-refractivity contribution in [2.75, 3.05) is 23.9 Å². The second-order valence-corrected chi connectivity index (χ2v) is 4.77. The topological polar surface area (TPSA) is 67.1 Å². The van der Waals surface area contributed by atoms with Gasteiger partial charge >= 0.3 is 0 Å². The van der Waals surface area contributed by atoms with Crippen molar-refractivity contribution in [1.82, 2.24) is 9.97 Å². The van der Waals surface area contributed by atoms with Gasteiger partial charge in [-0.1, -0.05) is 18.5 Å². The summed E-state index contributed by atoms with van der Waals surface area (Å²) in [6.45, 7) is 3.23. The van der Waals surface area contributed by atoms with Crippen LogP contribution in [0, 0.1) is 11.8 Å². The van der Waals surface area contributed by atoms with E-state index in [2.05, 4.69) is 27.2 Å². The molecule has 2 unspecified atom stereocenters. The molecule has 1 aromatic rings. The number of rotatable bonds is 4. The summed E-state index contributed by atoms with van der Waals surface area (Å²) in [5.41, 5.74) is 2.42. The van der Waals surface area contributed by atoms with Crippen molar-refractivity contribution in [1.29, 1.82) is 0 Å². The van der Waals surface area contributed by atoms with Crippen molar-refractivity contribution < 1.29 is 0 Å². The lowest BCUT2D eigenvalue weighted by Crippen LogP contribution is -2.23. The highest BCUT2D eigenvalue weighted by Gasteiger charge is 2.33. The first-order valence-electron chi connectivity index (χ1n) is 5.32. The minimum absolute atomic E-state index is 0.384. The molecule has 0 spiro atoms. The molecular formula is C10H16ClN5. The van der Waals surface area contributed by atoms with Crippen LogP contribution in [0.1, 0.15) is 13.3 Å². The summed E-state index contributed by atoms with van der Waals surface area (Å²) in [5.74, 6) is 7.95. The second-order valence-electron chi connectivity index (χ2n) is 4.36. The van der Waals surface area contributed by atoms with Gasteiger partial charge in [-0.2, -0.15) is 4.98 Å². The van der Waals surface area contributed by atoms with Crippen LogP contribution < -0.4 is 16.2 Å². The van der Waals surface area contributed by atoms with Gasteiger partial charge in [0, 0.05) is 13.6 Å². The van der Waals surface area contributed by atoms with Gasteiger partial charge in [-0.3, -0.25) is 5.43 Å². The highest BCUT2D eigenvalue weighted by atomic mass is 35.5. The third-order valence-corrected chi connectivity index (χ3v) is 3.27. The summed E-state index contributed by atoms with van der Waals surface area (Å²) in [6.07, 6.45) is 2.85. The van der Waals surface area contributed by atoms with Gasteiger partial charge in [-0.25, -0.2) is 10.8 Å². The molecule has 2 atom stereocenters. The maximum Gasteiger partial charge on any atom is 0.239 e. The van der Waals surface area contributed by atoms with Crippen molar-refractivity contribution in [3.8, 4) is 0 Å². The van der Waals surface area contributed by atoms with E-state index < -0.39 is 0 Å². The van der Waals surface area contributed by atoms with Crippen LogP contribution in [0.4, 0.5) is 11.8 Å². The van der Waals surface area contributed by atoms with Crippen LogP contribution in [0.15, 0.2) is 6.20 Å². The van der Waals surface area contributed by atoms with Crippen molar-refractivity contribution >= 4 is 23.4 Å². The van der Waals surface area contributed by atoms with Crippen molar-refractivity contribution in [2.45, 2.75) is 13.3 Å². The van der Waals surface area contributed by atoms with E-state index in [4.69, 9.17) is 17.4 Å². The molecule has 0 bridgehead atoms.